The molecule has 1 amide bonds. The fourth-order valence-electron chi connectivity index (χ4n) is 2.30. The summed E-state index contributed by atoms with van der Waals surface area (Å²) in [4.78, 5) is 15.1. The maximum Gasteiger partial charge on any atom is 0.404 e. The first-order chi connectivity index (χ1) is 11.1. The van der Waals surface area contributed by atoms with Gasteiger partial charge in [-0.25, -0.2) is 4.79 Å². The molecule has 0 unspecified atom stereocenters. The molecule has 1 aromatic heterocycles. The number of nitrogens with zero attached hydrogens (tertiary/aromatic N) is 1. The van der Waals surface area contributed by atoms with Crippen LogP contribution in [-0.4, -0.2) is 40.0 Å². The molecule has 0 saturated carbocycles. The van der Waals surface area contributed by atoms with E-state index in [4.69, 9.17) is 5.11 Å². The second kappa shape index (κ2) is 8.87. The highest BCUT2D eigenvalue weighted by molar-refractivity contribution is 5.65. The molecule has 6 heteroatoms. The van der Waals surface area contributed by atoms with Gasteiger partial charge in [0, 0.05) is 19.3 Å². The maximum atomic E-state index is 10.9. The fraction of sp³-hybridized carbons (Fsp3) is 0.294. The molecule has 4 N–H and O–H groups in total. The van der Waals surface area contributed by atoms with Crippen LogP contribution in [0, 0.1) is 0 Å². The average molecular weight is 315 g/mol. The number of nitrogens with one attached hydrogen (secondary N) is 2. The highest BCUT2D eigenvalue weighted by Crippen LogP contribution is 2.06. The van der Waals surface area contributed by atoms with Crippen LogP contribution in [0.15, 0.2) is 54.7 Å². The Bertz CT molecular complexity index is 593. The molecule has 0 radical (unpaired) electrons. The van der Waals surface area contributed by atoms with Gasteiger partial charge in [-0.3, -0.25) is 4.98 Å². The molecule has 1 heterocycles. The molecule has 0 aliphatic carbocycles. The number of carboxylic acid groups (broad SMARTS) is 1. The second-order valence-electron chi connectivity index (χ2n) is 5.27. The summed E-state index contributed by atoms with van der Waals surface area (Å²) in [5, 5.41) is 24.7. The van der Waals surface area contributed by atoms with Crippen LogP contribution in [0.5, 0.6) is 0 Å². The Labute approximate surface area is 135 Å². The van der Waals surface area contributed by atoms with Crippen molar-refractivity contribution in [3.05, 3.63) is 66.0 Å². The van der Waals surface area contributed by atoms with Crippen molar-refractivity contribution in [1.29, 1.82) is 0 Å². The van der Waals surface area contributed by atoms with Crippen LogP contribution >= 0.6 is 0 Å². The Morgan fingerprint density at radius 3 is 2.52 bits per heavy atom. The Hall–Kier alpha value is -2.44. The summed E-state index contributed by atoms with van der Waals surface area (Å²) < 4.78 is 0. The lowest BCUT2D eigenvalue weighted by atomic mass is 10.0. The van der Waals surface area contributed by atoms with E-state index in [1.807, 2.05) is 48.5 Å². The third-order valence-corrected chi connectivity index (χ3v) is 3.46. The lowest BCUT2D eigenvalue weighted by molar-refractivity contribution is 0.117. The SMILES string of the molecule is O=C(O)N[C@@H](Cc1ccccc1)[C@H](O)CNCc1ccccn1. The fourth-order valence-corrected chi connectivity index (χ4v) is 2.30. The van der Waals surface area contributed by atoms with E-state index in [0.29, 0.717) is 13.0 Å². The molecule has 23 heavy (non-hydrogen) atoms. The normalized spacial score (nSPS) is 13.3. The number of rotatable bonds is 8. The van der Waals surface area contributed by atoms with Crippen molar-refractivity contribution in [3.63, 3.8) is 0 Å². The van der Waals surface area contributed by atoms with Crippen molar-refractivity contribution < 1.29 is 15.0 Å². The zero-order valence-corrected chi connectivity index (χ0v) is 12.7. The first-order valence-electron chi connectivity index (χ1n) is 7.47. The van der Waals surface area contributed by atoms with Gasteiger partial charge >= 0.3 is 6.09 Å². The Morgan fingerprint density at radius 1 is 1.13 bits per heavy atom. The van der Waals surface area contributed by atoms with E-state index >= 15 is 0 Å². The van der Waals surface area contributed by atoms with Gasteiger partial charge in [-0.2, -0.15) is 0 Å². The summed E-state index contributed by atoms with van der Waals surface area (Å²) in [6, 6.07) is 14.5. The van der Waals surface area contributed by atoms with Crippen molar-refractivity contribution in [3.8, 4) is 0 Å². The molecule has 0 aliphatic heterocycles. The molecule has 6 nitrogen and oxygen atoms in total. The first kappa shape index (κ1) is 16.9. The Morgan fingerprint density at radius 2 is 1.87 bits per heavy atom. The minimum atomic E-state index is -1.14. The molecule has 1 aromatic carbocycles. The highest BCUT2D eigenvalue weighted by atomic mass is 16.4. The predicted octanol–water partition coefficient (Wildman–Crippen LogP) is 1.41. The van der Waals surface area contributed by atoms with Gasteiger partial charge in [0.1, 0.15) is 0 Å². The largest absolute Gasteiger partial charge is 0.465 e. The standard InChI is InChI=1S/C17H21N3O3/c21-16(12-18-11-14-8-4-5-9-19-14)15(20-17(22)23)10-13-6-2-1-3-7-13/h1-9,15-16,18,20-21H,10-12H2,(H,22,23)/t15-,16+/m0/s1. The van der Waals surface area contributed by atoms with Gasteiger partial charge in [-0.15, -0.1) is 0 Å². The van der Waals surface area contributed by atoms with Crippen molar-refractivity contribution in [2.24, 2.45) is 0 Å². The van der Waals surface area contributed by atoms with Crippen molar-refractivity contribution in [1.82, 2.24) is 15.6 Å². The first-order valence-corrected chi connectivity index (χ1v) is 7.47. The molecule has 0 bridgehead atoms. The molecule has 2 atom stereocenters. The molecule has 122 valence electrons. The van der Waals surface area contributed by atoms with Crippen molar-refractivity contribution in [2.75, 3.05) is 6.54 Å². The number of aliphatic hydroxyl groups is 1. The summed E-state index contributed by atoms with van der Waals surface area (Å²) in [5.41, 5.74) is 1.83. The van der Waals surface area contributed by atoms with Crippen LogP contribution < -0.4 is 10.6 Å². The van der Waals surface area contributed by atoms with Crippen LogP contribution in [-0.2, 0) is 13.0 Å². The summed E-state index contributed by atoms with van der Waals surface area (Å²) in [6.07, 6.45) is 0.154. The van der Waals surface area contributed by atoms with E-state index in [9.17, 15) is 9.90 Å². The molecule has 2 aromatic rings. The monoisotopic (exact) mass is 315 g/mol. The topological polar surface area (TPSA) is 94.5 Å². The van der Waals surface area contributed by atoms with Gasteiger partial charge in [0.15, 0.2) is 0 Å². The van der Waals surface area contributed by atoms with E-state index in [1.54, 1.807) is 6.20 Å². The van der Waals surface area contributed by atoms with E-state index in [0.717, 1.165) is 11.3 Å². The van der Waals surface area contributed by atoms with E-state index in [2.05, 4.69) is 15.6 Å². The summed E-state index contributed by atoms with van der Waals surface area (Å²) in [6.45, 7) is 0.789. The lowest BCUT2D eigenvalue weighted by Crippen LogP contribution is -2.48. The van der Waals surface area contributed by atoms with E-state index in [1.165, 1.54) is 0 Å². The quantitative estimate of drug-likeness (QED) is 0.591. The van der Waals surface area contributed by atoms with E-state index < -0.39 is 18.2 Å². The lowest BCUT2D eigenvalue weighted by Gasteiger charge is -2.23. The zero-order valence-electron chi connectivity index (χ0n) is 12.7. The van der Waals surface area contributed by atoms with Gasteiger partial charge in [0.2, 0.25) is 0 Å². The maximum absolute atomic E-state index is 10.9. The molecule has 2 rings (SSSR count). The summed E-state index contributed by atoms with van der Waals surface area (Å²) >= 11 is 0. The van der Waals surface area contributed by atoms with Crippen LogP contribution in [0.3, 0.4) is 0 Å². The Balaban J connectivity index is 1.88. The molecule has 0 aliphatic rings. The molecule has 0 spiro atoms. The van der Waals surface area contributed by atoms with Gasteiger partial charge in [-0.05, 0) is 24.1 Å². The average Bonchev–Trinajstić information content (AvgIpc) is 2.56. The Kier molecular flexibility index (Phi) is 6.53. The second-order valence-corrected chi connectivity index (χ2v) is 5.27. The van der Waals surface area contributed by atoms with Crippen LogP contribution in [0.25, 0.3) is 0 Å². The predicted molar refractivity (Wildman–Crippen MR) is 87.0 cm³/mol. The number of benzene rings is 1. The van der Waals surface area contributed by atoms with Gasteiger partial charge in [-0.1, -0.05) is 36.4 Å². The molecular formula is C17H21N3O3. The zero-order chi connectivity index (χ0) is 16.5. The third kappa shape index (κ3) is 6.06. The van der Waals surface area contributed by atoms with Crippen molar-refractivity contribution in [2.45, 2.75) is 25.1 Å². The molecule has 0 fully saturated rings. The van der Waals surface area contributed by atoms with Crippen LogP contribution in [0.4, 0.5) is 4.79 Å². The van der Waals surface area contributed by atoms with Crippen LogP contribution in [0.1, 0.15) is 11.3 Å². The van der Waals surface area contributed by atoms with Gasteiger partial charge in [0.05, 0.1) is 17.8 Å². The molecular weight excluding hydrogens is 294 g/mol. The molecule has 0 saturated heterocycles. The highest BCUT2D eigenvalue weighted by Gasteiger charge is 2.21. The summed E-state index contributed by atoms with van der Waals surface area (Å²) in [5.74, 6) is 0. The smallest absolute Gasteiger partial charge is 0.404 e. The number of carbonyl (C=O) groups is 1. The number of amides is 1. The minimum absolute atomic E-state index is 0.272. The number of aromatic nitrogens is 1. The minimum Gasteiger partial charge on any atom is -0.465 e. The summed E-state index contributed by atoms with van der Waals surface area (Å²) in [7, 11) is 0. The van der Waals surface area contributed by atoms with Gasteiger partial charge < -0.3 is 20.8 Å². The number of pyridine rings is 1. The van der Waals surface area contributed by atoms with Crippen LogP contribution in [0.2, 0.25) is 0 Å². The van der Waals surface area contributed by atoms with Crippen molar-refractivity contribution >= 4 is 6.09 Å². The number of hydrogen-bond donors (Lipinski definition) is 4. The third-order valence-electron chi connectivity index (χ3n) is 3.46. The van der Waals surface area contributed by atoms with Gasteiger partial charge in [0.25, 0.3) is 0 Å². The van der Waals surface area contributed by atoms with E-state index in [-0.39, 0.29) is 6.54 Å². The number of aliphatic hydroxyl groups excluding tert-OH is 1. The number of hydrogen-bond acceptors (Lipinski definition) is 4.